The number of aryl methyl sites for hydroxylation is 1. The highest BCUT2D eigenvalue weighted by Gasteiger charge is 2.25. The SMILES string of the molecule is Cc1ccc(S(=O)(=O)c2nc(SCc3ccco3)sc2Cl)cc1. The van der Waals surface area contributed by atoms with Gasteiger partial charge in [-0.3, -0.25) is 0 Å². The van der Waals surface area contributed by atoms with Crippen LogP contribution in [0, 0.1) is 6.92 Å². The Morgan fingerprint density at radius 3 is 2.65 bits per heavy atom. The number of furan rings is 1. The van der Waals surface area contributed by atoms with Gasteiger partial charge in [-0.05, 0) is 31.2 Å². The Bertz CT molecular complexity index is 900. The van der Waals surface area contributed by atoms with Crippen molar-refractivity contribution < 1.29 is 12.8 Å². The maximum absolute atomic E-state index is 12.6. The molecule has 0 radical (unpaired) electrons. The highest BCUT2D eigenvalue weighted by atomic mass is 35.5. The van der Waals surface area contributed by atoms with Crippen LogP contribution >= 0.6 is 34.7 Å². The van der Waals surface area contributed by atoms with Gasteiger partial charge in [0.05, 0.1) is 16.9 Å². The smallest absolute Gasteiger partial charge is 0.226 e. The van der Waals surface area contributed by atoms with Gasteiger partial charge in [0.15, 0.2) is 9.37 Å². The Morgan fingerprint density at radius 2 is 2.00 bits per heavy atom. The van der Waals surface area contributed by atoms with Crippen molar-refractivity contribution in [2.24, 2.45) is 0 Å². The quantitative estimate of drug-likeness (QED) is 0.589. The molecule has 120 valence electrons. The van der Waals surface area contributed by atoms with E-state index in [1.807, 2.05) is 13.0 Å². The van der Waals surface area contributed by atoms with Crippen LogP contribution in [0.3, 0.4) is 0 Å². The van der Waals surface area contributed by atoms with E-state index in [4.69, 9.17) is 16.0 Å². The van der Waals surface area contributed by atoms with E-state index in [1.165, 1.54) is 11.8 Å². The molecule has 2 heterocycles. The fourth-order valence-corrected chi connectivity index (χ4v) is 5.94. The summed E-state index contributed by atoms with van der Waals surface area (Å²) in [7, 11) is -3.71. The third-order valence-electron chi connectivity index (χ3n) is 3.04. The first-order chi connectivity index (χ1) is 11.0. The Morgan fingerprint density at radius 1 is 1.26 bits per heavy atom. The highest BCUT2D eigenvalue weighted by molar-refractivity contribution is 8.00. The van der Waals surface area contributed by atoms with Gasteiger partial charge >= 0.3 is 0 Å². The largest absolute Gasteiger partial charge is 0.468 e. The lowest BCUT2D eigenvalue weighted by Gasteiger charge is -2.02. The molecule has 0 saturated heterocycles. The summed E-state index contributed by atoms with van der Waals surface area (Å²) in [6, 6.07) is 10.3. The summed E-state index contributed by atoms with van der Waals surface area (Å²) in [5.74, 6) is 1.37. The molecule has 3 rings (SSSR count). The number of thioether (sulfide) groups is 1. The van der Waals surface area contributed by atoms with Gasteiger partial charge in [0.1, 0.15) is 10.1 Å². The second kappa shape index (κ2) is 6.68. The fraction of sp³-hybridized carbons (Fsp3) is 0.133. The van der Waals surface area contributed by atoms with E-state index in [9.17, 15) is 8.42 Å². The summed E-state index contributed by atoms with van der Waals surface area (Å²) in [4.78, 5) is 4.39. The van der Waals surface area contributed by atoms with Crippen LogP contribution in [0.15, 0.2) is 61.3 Å². The van der Waals surface area contributed by atoms with Crippen LogP contribution in [0.2, 0.25) is 4.34 Å². The molecule has 0 aliphatic heterocycles. The van der Waals surface area contributed by atoms with Gasteiger partial charge in [-0.25, -0.2) is 13.4 Å². The predicted octanol–water partition coefficient (Wildman–Crippen LogP) is 4.82. The maximum Gasteiger partial charge on any atom is 0.226 e. The highest BCUT2D eigenvalue weighted by Crippen LogP contribution is 2.37. The van der Waals surface area contributed by atoms with Gasteiger partial charge in [0.25, 0.3) is 0 Å². The first kappa shape index (κ1) is 16.6. The molecule has 23 heavy (non-hydrogen) atoms. The molecule has 3 aromatic rings. The molecule has 0 aliphatic carbocycles. The average molecular weight is 386 g/mol. The molecule has 0 fully saturated rings. The molecule has 8 heteroatoms. The monoisotopic (exact) mass is 385 g/mol. The third kappa shape index (κ3) is 3.63. The molecule has 0 unspecified atom stereocenters. The van der Waals surface area contributed by atoms with Crippen LogP contribution < -0.4 is 0 Å². The molecule has 0 amide bonds. The average Bonchev–Trinajstić information content (AvgIpc) is 3.15. The molecular weight excluding hydrogens is 374 g/mol. The molecule has 0 atom stereocenters. The number of aromatic nitrogens is 1. The lowest BCUT2D eigenvalue weighted by Crippen LogP contribution is -2.03. The second-order valence-corrected chi connectivity index (χ2v) is 9.43. The lowest BCUT2D eigenvalue weighted by molar-refractivity contribution is 0.530. The summed E-state index contributed by atoms with van der Waals surface area (Å²) in [5.41, 5.74) is 0.989. The van der Waals surface area contributed by atoms with Crippen molar-refractivity contribution in [3.63, 3.8) is 0 Å². The summed E-state index contributed by atoms with van der Waals surface area (Å²) in [6.07, 6.45) is 1.60. The van der Waals surface area contributed by atoms with Crippen LogP contribution in [0.25, 0.3) is 0 Å². The summed E-state index contributed by atoms with van der Waals surface area (Å²) >= 11 is 8.66. The number of hydrogen-bond donors (Lipinski definition) is 0. The molecule has 0 spiro atoms. The van der Waals surface area contributed by atoms with E-state index < -0.39 is 9.84 Å². The number of thiazole rings is 1. The molecule has 2 aromatic heterocycles. The van der Waals surface area contributed by atoms with Crippen molar-refractivity contribution in [3.05, 3.63) is 58.3 Å². The van der Waals surface area contributed by atoms with Gasteiger partial charge < -0.3 is 4.42 Å². The fourth-order valence-electron chi connectivity index (χ4n) is 1.85. The van der Waals surface area contributed by atoms with E-state index in [0.717, 1.165) is 22.7 Å². The van der Waals surface area contributed by atoms with Crippen molar-refractivity contribution in [3.8, 4) is 0 Å². The Hall–Kier alpha value is -1.28. The van der Waals surface area contributed by atoms with Gasteiger partial charge in [-0.1, -0.05) is 52.4 Å². The number of hydrogen-bond acceptors (Lipinski definition) is 6. The Balaban J connectivity index is 1.86. The molecule has 0 bridgehead atoms. The zero-order valence-corrected chi connectivity index (χ0v) is 15.2. The van der Waals surface area contributed by atoms with Crippen molar-refractivity contribution in [1.82, 2.24) is 4.98 Å². The molecular formula is C15H12ClNO3S3. The molecule has 4 nitrogen and oxygen atoms in total. The predicted molar refractivity (Wildman–Crippen MR) is 92.0 cm³/mol. The zero-order chi connectivity index (χ0) is 16.4. The zero-order valence-electron chi connectivity index (χ0n) is 12.0. The minimum absolute atomic E-state index is 0.0880. The normalized spacial score (nSPS) is 11.7. The molecule has 1 aromatic carbocycles. The summed E-state index contributed by atoms with van der Waals surface area (Å²) in [6.45, 7) is 1.90. The van der Waals surface area contributed by atoms with Crippen LogP contribution in [-0.2, 0) is 15.6 Å². The van der Waals surface area contributed by atoms with Gasteiger partial charge in [0.2, 0.25) is 9.84 Å². The van der Waals surface area contributed by atoms with E-state index in [0.29, 0.717) is 10.1 Å². The minimum atomic E-state index is -3.71. The van der Waals surface area contributed by atoms with Crippen molar-refractivity contribution in [2.75, 3.05) is 0 Å². The number of halogens is 1. The maximum atomic E-state index is 12.6. The molecule has 0 saturated carbocycles. The second-order valence-electron chi connectivity index (χ2n) is 4.74. The third-order valence-corrected chi connectivity index (χ3v) is 7.40. The lowest BCUT2D eigenvalue weighted by atomic mass is 10.2. The Labute approximate surface area is 147 Å². The van der Waals surface area contributed by atoms with E-state index in [1.54, 1.807) is 36.6 Å². The minimum Gasteiger partial charge on any atom is -0.468 e. The van der Waals surface area contributed by atoms with Crippen molar-refractivity contribution in [2.45, 2.75) is 26.9 Å². The topological polar surface area (TPSA) is 60.2 Å². The number of rotatable bonds is 5. The van der Waals surface area contributed by atoms with E-state index in [2.05, 4.69) is 4.98 Å². The summed E-state index contributed by atoms with van der Waals surface area (Å²) in [5, 5.41) is -0.0880. The van der Waals surface area contributed by atoms with Crippen molar-refractivity contribution >= 4 is 44.5 Å². The standard InChI is InChI=1S/C15H12ClNO3S3/c1-10-4-6-12(7-5-10)23(18,19)14-13(16)22-15(17-14)21-9-11-3-2-8-20-11/h2-8H,9H2,1H3. The van der Waals surface area contributed by atoms with Gasteiger partial charge in [-0.2, -0.15) is 0 Å². The first-order valence-electron chi connectivity index (χ1n) is 6.60. The number of nitrogens with zero attached hydrogens (tertiary/aromatic N) is 1. The van der Waals surface area contributed by atoms with E-state index >= 15 is 0 Å². The number of sulfone groups is 1. The van der Waals surface area contributed by atoms with Crippen LogP contribution in [0.4, 0.5) is 0 Å². The molecule has 0 aliphatic rings. The first-order valence-corrected chi connectivity index (χ1v) is 10.3. The van der Waals surface area contributed by atoms with Crippen LogP contribution in [0.5, 0.6) is 0 Å². The molecule has 0 N–H and O–H groups in total. The van der Waals surface area contributed by atoms with Crippen LogP contribution in [-0.4, -0.2) is 13.4 Å². The number of benzene rings is 1. The van der Waals surface area contributed by atoms with E-state index in [-0.39, 0.29) is 14.3 Å². The van der Waals surface area contributed by atoms with Crippen molar-refractivity contribution in [1.29, 1.82) is 0 Å². The van der Waals surface area contributed by atoms with Crippen LogP contribution in [0.1, 0.15) is 11.3 Å². The Kier molecular flexibility index (Phi) is 4.82. The van der Waals surface area contributed by atoms with Gasteiger partial charge in [-0.15, -0.1) is 0 Å². The summed E-state index contributed by atoms with van der Waals surface area (Å²) < 4.78 is 31.3. The van der Waals surface area contributed by atoms with Gasteiger partial charge in [0, 0.05) is 0 Å².